The van der Waals surface area contributed by atoms with E-state index in [-0.39, 0.29) is 0 Å². The van der Waals surface area contributed by atoms with E-state index in [4.69, 9.17) is 0 Å². The van der Waals surface area contributed by atoms with Crippen molar-refractivity contribution in [2.45, 2.75) is 25.4 Å². The second-order valence-electron chi connectivity index (χ2n) is 6.74. The Kier molecular flexibility index (Phi) is 4.84. The second kappa shape index (κ2) is 7.41. The molecule has 0 bridgehead atoms. The Morgan fingerprint density at radius 1 is 1.08 bits per heavy atom. The molecule has 2 aromatic carbocycles. The van der Waals surface area contributed by atoms with E-state index in [1.165, 1.54) is 12.1 Å². The van der Waals surface area contributed by atoms with Crippen molar-refractivity contribution >= 4 is 16.7 Å². The quantitative estimate of drug-likeness (QED) is 0.759. The molecule has 1 aliphatic heterocycles. The van der Waals surface area contributed by atoms with Crippen molar-refractivity contribution in [2.75, 3.05) is 24.5 Å². The number of nitrogens with zero attached hydrogens (tertiary/aromatic N) is 3. The Hall–Kier alpha value is -2.47. The van der Waals surface area contributed by atoms with Crippen LogP contribution in [-0.4, -0.2) is 35.2 Å². The van der Waals surface area contributed by atoms with Gasteiger partial charge in [-0.3, -0.25) is 0 Å². The monoisotopic (exact) mass is 356 g/mol. The summed E-state index contributed by atoms with van der Waals surface area (Å²) in [6.45, 7) is 3.28. The molecule has 4 nitrogen and oxygen atoms in total. The number of rotatable bonds is 5. The van der Waals surface area contributed by atoms with Crippen LogP contribution in [0.2, 0.25) is 0 Å². The summed E-state index contributed by atoms with van der Waals surface area (Å²) in [5.41, 5.74) is 2.66. The third kappa shape index (κ3) is 3.55. The van der Waals surface area contributed by atoms with Gasteiger partial charge in [-0.05, 0) is 37.1 Å². The van der Waals surface area contributed by atoms with Gasteiger partial charge < -0.3 is 14.8 Å². The summed E-state index contributed by atoms with van der Waals surface area (Å²) in [5, 5.41) is 3.59. The van der Waals surface area contributed by atoms with Gasteiger partial charge in [0.25, 0.3) is 0 Å². The number of fused-ring (bicyclic) bond motifs is 1. The van der Waals surface area contributed by atoms with Crippen molar-refractivity contribution in [1.82, 2.24) is 14.9 Å². The fourth-order valence-electron chi connectivity index (χ4n) is 3.64. The zero-order valence-electron chi connectivity index (χ0n) is 14.5. The van der Waals surface area contributed by atoms with Gasteiger partial charge in [-0.1, -0.05) is 12.1 Å². The topological polar surface area (TPSA) is 33.1 Å². The van der Waals surface area contributed by atoms with Crippen molar-refractivity contribution in [1.29, 1.82) is 0 Å². The van der Waals surface area contributed by atoms with E-state index in [2.05, 4.69) is 20.9 Å². The van der Waals surface area contributed by atoms with Gasteiger partial charge in [0.2, 0.25) is 0 Å². The fraction of sp³-hybridized carbons (Fsp3) is 0.350. The van der Waals surface area contributed by atoms with Gasteiger partial charge in [0.1, 0.15) is 11.6 Å². The van der Waals surface area contributed by atoms with Crippen LogP contribution in [0.4, 0.5) is 14.5 Å². The normalized spacial score (nSPS) is 15.7. The minimum Gasteiger partial charge on any atom is -0.369 e. The van der Waals surface area contributed by atoms with Crippen molar-refractivity contribution < 1.29 is 8.78 Å². The fourth-order valence-corrected chi connectivity index (χ4v) is 3.64. The molecule has 0 spiro atoms. The lowest BCUT2D eigenvalue weighted by molar-refractivity contribution is 0.405. The number of hydrogen-bond acceptors (Lipinski definition) is 3. The standard InChI is InChI=1S/C20H22F2N4/c21-15-5-6-19(17(22)13-15)25-10-7-16(8-11-25)23-9-12-26-14-24-18-3-1-2-4-20(18)26/h1-6,13-14,16,23H,7-12H2. The molecule has 1 aliphatic rings. The van der Waals surface area contributed by atoms with E-state index in [9.17, 15) is 8.78 Å². The first-order chi connectivity index (χ1) is 12.7. The summed E-state index contributed by atoms with van der Waals surface area (Å²) in [6, 6.07) is 12.3. The minimum absolute atomic E-state index is 0.421. The Morgan fingerprint density at radius 2 is 1.88 bits per heavy atom. The zero-order valence-corrected chi connectivity index (χ0v) is 14.5. The van der Waals surface area contributed by atoms with Gasteiger partial charge in [-0.25, -0.2) is 13.8 Å². The SMILES string of the molecule is Fc1ccc(N2CCC(NCCn3cnc4ccccc43)CC2)c(F)c1. The summed E-state index contributed by atoms with van der Waals surface area (Å²) >= 11 is 0. The molecule has 0 saturated carbocycles. The molecule has 0 aliphatic carbocycles. The van der Waals surface area contributed by atoms with Crippen LogP contribution in [0.1, 0.15) is 12.8 Å². The average molecular weight is 356 g/mol. The minimum atomic E-state index is -0.533. The van der Waals surface area contributed by atoms with Crippen LogP contribution < -0.4 is 10.2 Å². The zero-order chi connectivity index (χ0) is 17.9. The molecule has 6 heteroatoms. The Labute approximate surface area is 151 Å². The summed E-state index contributed by atoms with van der Waals surface area (Å²) in [5.74, 6) is -1.02. The molecular formula is C20H22F2N4. The third-order valence-electron chi connectivity index (χ3n) is 5.06. The summed E-state index contributed by atoms with van der Waals surface area (Å²) in [4.78, 5) is 6.40. The molecule has 1 fully saturated rings. The number of benzene rings is 2. The molecule has 26 heavy (non-hydrogen) atoms. The molecule has 136 valence electrons. The highest BCUT2D eigenvalue weighted by molar-refractivity contribution is 5.74. The van der Waals surface area contributed by atoms with Gasteiger partial charge in [0, 0.05) is 38.3 Å². The number of hydrogen-bond donors (Lipinski definition) is 1. The van der Waals surface area contributed by atoms with E-state index in [0.29, 0.717) is 11.7 Å². The van der Waals surface area contributed by atoms with E-state index in [0.717, 1.165) is 56.1 Å². The number of piperidine rings is 1. The molecule has 2 heterocycles. The molecule has 1 saturated heterocycles. The number of halogens is 2. The second-order valence-corrected chi connectivity index (χ2v) is 6.74. The Balaban J connectivity index is 1.27. The van der Waals surface area contributed by atoms with Crippen LogP contribution in [0.5, 0.6) is 0 Å². The molecule has 0 unspecified atom stereocenters. The van der Waals surface area contributed by atoms with Crippen LogP contribution in [0.25, 0.3) is 11.0 Å². The smallest absolute Gasteiger partial charge is 0.149 e. The summed E-state index contributed by atoms with van der Waals surface area (Å²) in [6.07, 6.45) is 3.77. The number of anilines is 1. The Bertz CT molecular complexity index is 884. The van der Waals surface area contributed by atoms with Crippen molar-refractivity contribution in [2.24, 2.45) is 0 Å². The van der Waals surface area contributed by atoms with E-state index in [1.54, 1.807) is 0 Å². The maximum atomic E-state index is 13.9. The van der Waals surface area contributed by atoms with Crippen LogP contribution in [0, 0.1) is 11.6 Å². The molecular weight excluding hydrogens is 334 g/mol. The van der Waals surface area contributed by atoms with Crippen LogP contribution in [0.3, 0.4) is 0 Å². The van der Waals surface area contributed by atoms with Crippen molar-refractivity contribution in [3.05, 3.63) is 60.4 Å². The van der Waals surface area contributed by atoms with Crippen LogP contribution >= 0.6 is 0 Å². The maximum absolute atomic E-state index is 13.9. The summed E-state index contributed by atoms with van der Waals surface area (Å²) < 4.78 is 29.1. The predicted molar refractivity (Wildman–Crippen MR) is 99.3 cm³/mol. The van der Waals surface area contributed by atoms with Gasteiger partial charge in [0.05, 0.1) is 23.0 Å². The van der Waals surface area contributed by atoms with E-state index < -0.39 is 11.6 Å². The third-order valence-corrected chi connectivity index (χ3v) is 5.06. The first-order valence-electron chi connectivity index (χ1n) is 9.04. The first kappa shape index (κ1) is 17.0. The molecule has 0 radical (unpaired) electrons. The molecule has 1 aromatic heterocycles. The highest BCUT2D eigenvalue weighted by Crippen LogP contribution is 2.24. The lowest BCUT2D eigenvalue weighted by Gasteiger charge is -2.34. The number of para-hydroxylation sites is 2. The molecule has 0 atom stereocenters. The van der Waals surface area contributed by atoms with Gasteiger partial charge in [-0.15, -0.1) is 0 Å². The van der Waals surface area contributed by atoms with Crippen LogP contribution in [-0.2, 0) is 6.54 Å². The average Bonchev–Trinajstić information content (AvgIpc) is 3.06. The molecule has 4 rings (SSSR count). The molecule has 3 aromatic rings. The van der Waals surface area contributed by atoms with Crippen molar-refractivity contribution in [3.63, 3.8) is 0 Å². The molecule has 1 N–H and O–H groups in total. The van der Waals surface area contributed by atoms with E-state index >= 15 is 0 Å². The summed E-state index contributed by atoms with van der Waals surface area (Å²) in [7, 11) is 0. The van der Waals surface area contributed by atoms with Crippen LogP contribution in [0.15, 0.2) is 48.8 Å². The van der Waals surface area contributed by atoms with Gasteiger partial charge >= 0.3 is 0 Å². The van der Waals surface area contributed by atoms with Gasteiger partial charge in [0.15, 0.2) is 0 Å². The first-order valence-corrected chi connectivity index (χ1v) is 9.04. The largest absolute Gasteiger partial charge is 0.369 e. The van der Waals surface area contributed by atoms with E-state index in [1.807, 2.05) is 29.4 Å². The number of nitrogens with one attached hydrogen (secondary N) is 1. The number of imidazole rings is 1. The van der Waals surface area contributed by atoms with Crippen molar-refractivity contribution in [3.8, 4) is 0 Å². The predicted octanol–water partition coefficient (Wildman–Crippen LogP) is 3.57. The lowest BCUT2D eigenvalue weighted by atomic mass is 10.0. The number of aromatic nitrogens is 2. The lowest BCUT2D eigenvalue weighted by Crippen LogP contribution is -2.43. The highest BCUT2D eigenvalue weighted by Gasteiger charge is 2.21. The van der Waals surface area contributed by atoms with Gasteiger partial charge in [-0.2, -0.15) is 0 Å². The highest BCUT2D eigenvalue weighted by atomic mass is 19.1. The molecule has 0 amide bonds. The maximum Gasteiger partial charge on any atom is 0.149 e. The Morgan fingerprint density at radius 3 is 2.69 bits per heavy atom.